The van der Waals surface area contributed by atoms with Crippen LogP contribution in [0, 0.1) is 13.8 Å². The third-order valence-electron chi connectivity index (χ3n) is 3.73. The van der Waals surface area contributed by atoms with Gasteiger partial charge in [-0.2, -0.15) is 0 Å². The molecule has 0 aliphatic carbocycles. The van der Waals surface area contributed by atoms with Gasteiger partial charge in [0.25, 0.3) is 0 Å². The number of hydrogen-bond acceptors (Lipinski definition) is 3. The lowest BCUT2D eigenvalue weighted by molar-refractivity contribution is 1.06. The first kappa shape index (κ1) is 12.5. The molecule has 0 aliphatic heterocycles. The van der Waals surface area contributed by atoms with Crippen LogP contribution in [0.5, 0.6) is 0 Å². The Morgan fingerprint density at radius 1 is 0.905 bits per heavy atom. The summed E-state index contributed by atoms with van der Waals surface area (Å²) in [4.78, 5) is 9.17. The molecule has 0 spiro atoms. The van der Waals surface area contributed by atoms with Crippen LogP contribution in [-0.2, 0) is 0 Å². The molecule has 2 aromatic carbocycles. The summed E-state index contributed by atoms with van der Waals surface area (Å²) in [6.07, 6.45) is 1.84. The van der Waals surface area contributed by atoms with Crippen LogP contribution in [0.3, 0.4) is 0 Å². The fraction of sp³-hybridized carbons (Fsp3) is 0.111. The number of benzene rings is 2. The lowest BCUT2D eigenvalue weighted by Gasteiger charge is -2.06. The molecular weight excluding hydrogens is 276 g/mol. The van der Waals surface area contributed by atoms with Gasteiger partial charge in [-0.25, -0.2) is 0 Å². The minimum atomic E-state index is 0.958. The van der Waals surface area contributed by atoms with E-state index < -0.39 is 0 Å². The van der Waals surface area contributed by atoms with Gasteiger partial charge in [0, 0.05) is 31.9 Å². The summed E-state index contributed by atoms with van der Waals surface area (Å²) < 4.78 is 2.61. The van der Waals surface area contributed by atoms with Gasteiger partial charge in [0.1, 0.15) is 0 Å². The molecule has 0 saturated heterocycles. The van der Waals surface area contributed by atoms with E-state index in [1.54, 1.807) is 0 Å². The highest BCUT2D eigenvalue weighted by molar-refractivity contribution is 7.26. The third kappa shape index (κ3) is 1.93. The quantitative estimate of drug-likeness (QED) is 0.486. The minimum absolute atomic E-state index is 0.958. The average molecular weight is 290 g/mol. The van der Waals surface area contributed by atoms with Crippen LogP contribution < -0.4 is 0 Å². The maximum atomic E-state index is 4.61. The van der Waals surface area contributed by atoms with Crippen molar-refractivity contribution in [1.82, 2.24) is 9.97 Å². The van der Waals surface area contributed by atoms with Crippen LogP contribution >= 0.6 is 11.3 Å². The van der Waals surface area contributed by atoms with Crippen LogP contribution in [0.25, 0.3) is 31.4 Å². The Balaban J connectivity index is 2.09. The molecule has 0 atom stereocenters. The number of thiophene rings is 1. The molecule has 0 aliphatic rings. The van der Waals surface area contributed by atoms with Gasteiger partial charge in [-0.3, -0.25) is 9.97 Å². The predicted molar refractivity (Wildman–Crippen MR) is 89.8 cm³/mol. The Hall–Kier alpha value is -2.26. The zero-order valence-corrected chi connectivity index (χ0v) is 12.7. The highest BCUT2D eigenvalue weighted by Crippen LogP contribution is 2.39. The van der Waals surface area contributed by atoms with E-state index in [9.17, 15) is 0 Å². The zero-order chi connectivity index (χ0) is 14.4. The Labute approximate surface area is 127 Å². The van der Waals surface area contributed by atoms with Gasteiger partial charge in [-0.05, 0) is 19.9 Å². The van der Waals surface area contributed by atoms with E-state index in [1.807, 2.05) is 31.4 Å². The van der Waals surface area contributed by atoms with Gasteiger partial charge in [-0.15, -0.1) is 11.3 Å². The smallest absolute Gasteiger partial charge is 0.0929 e. The predicted octanol–water partition coefficient (Wildman–Crippen LogP) is 5.13. The zero-order valence-electron chi connectivity index (χ0n) is 11.9. The Kier molecular flexibility index (Phi) is 2.76. The van der Waals surface area contributed by atoms with Crippen molar-refractivity contribution in [2.45, 2.75) is 13.8 Å². The van der Waals surface area contributed by atoms with Gasteiger partial charge < -0.3 is 0 Å². The molecule has 3 heteroatoms. The summed E-state index contributed by atoms with van der Waals surface area (Å²) in [5, 5.41) is 2.62. The molecule has 2 aromatic heterocycles. The van der Waals surface area contributed by atoms with Crippen molar-refractivity contribution in [2.75, 3.05) is 0 Å². The minimum Gasteiger partial charge on any atom is -0.255 e. The molecule has 2 heterocycles. The van der Waals surface area contributed by atoms with Crippen LogP contribution in [0.1, 0.15) is 11.4 Å². The highest BCUT2D eigenvalue weighted by Gasteiger charge is 2.12. The molecule has 0 radical (unpaired) electrons. The van der Waals surface area contributed by atoms with Crippen molar-refractivity contribution in [3.8, 4) is 11.3 Å². The summed E-state index contributed by atoms with van der Waals surface area (Å²) in [5.74, 6) is 0. The van der Waals surface area contributed by atoms with Gasteiger partial charge in [0.05, 0.1) is 17.1 Å². The number of nitrogens with zero attached hydrogens (tertiary/aromatic N) is 2. The number of hydrogen-bond donors (Lipinski definition) is 0. The SMILES string of the molecule is Cc1cnc(-c2cccc3c2sc2ccccc23)c(C)n1. The van der Waals surface area contributed by atoms with Crippen LogP contribution in [0.4, 0.5) is 0 Å². The second-order valence-corrected chi connectivity index (χ2v) is 6.28. The molecule has 4 aromatic rings. The van der Waals surface area contributed by atoms with Crippen LogP contribution in [0.2, 0.25) is 0 Å². The standard InChI is InChI=1S/C18H14N2S/c1-11-10-19-17(12(2)20-11)15-8-5-7-14-13-6-3-4-9-16(13)21-18(14)15/h3-10H,1-2H3. The van der Waals surface area contributed by atoms with Gasteiger partial charge >= 0.3 is 0 Å². The molecule has 102 valence electrons. The molecular formula is C18H14N2S. The van der Waals surface area contributed by atoms with Crippen molar-refractivity contribution < 1.29 is 0 Å². The second kappa shape index (κ2) is 4.64. The number of rotatable bonds is 1. The Bertz CT molecular complexity index is 969. The Morgan fingerprint density at radius 2 is 1.71 bits per heavy atom. The first-order valence-electron chi connectivity index (χ1n) is 6.95. The fourth-order valence-corrected chi connectivity index (χ4v) is 4.01. The van der Waals surface area contributed by atoms with Gasteiger partial charge in [0.15, 0.2) is 0 Å². The molecule has 4 rings (SSSR count). The van der Waals surface area contributed by atoms with E-state index in [1.165, 1.54) is 25.7 Å². The Morgan fingerprint density at radius 3 is 2.57 bits per heavy atom. The maximum absolute atomic E-state index is 4.61. The molecule has 21 heavy (non-hydrogen) atoms. The summed E-state index contributed by atoms with van der Waals surface area (Å²) in [6, 6.07) is 15.0. The summed E-state index contributed by atoms with van der Waals surface area (Å²) in [5.41, 5.74) is 4.11. The van der Waals surface area contributed by atoms with Crippen molar-refractivity contribution >= 4 is 31.5 Å². The first-order chi connectivity index (χ1) is 10.2. The number of fused-ring (bicyclic) bond motifs is 3. The average Bonchev–Trinajstić information content (AvgIpc) is 2.86. The van der Waals surface area contributed by atoms with Crippen molar-refractivity contribution in [1.29, 1.82) is 0 Å². The van der Waals surface area contributed by atoms with Crippen molar-refractivity contribution in [2.24, 2.45) is 0 Å². The third-order valence-corrected chi connectivity index (χ3v) is 4.95. The topological polar surface area (TPSA) is 25.8 Å². The first-order valence-corrected chi connectivity index (χ1v) is 7.76. The van der Waals surface area contributed by atoms with Crippen LogP contribution in [-0.4, -0.2) is 9.97 Å². The summed E-state index contributed by atoms with van der Waals surface area (Å²) >= 11 is 1.83. The summed E-state index contributed by atoms with van der Waals surface area (Å²) in [7, 11) is 0. The molecule has 0 unspecified atom stereocenters. The lowest BCUT2D eigenvalue weighted by atomic mass is 10.1. The highest BCUT2D eigenvalue weighted by atomic mass is 32.1. The number of aryl methyl sites for hydroxylation is 2. The largest absolute Gasteiger partial charge is 0.255 e. The fourth-order valence-electron chi connectivity index (χ4n) is 2.80. The van der Waals surface area contributed by atoms with E-state index in [4.69, 9.17) is 0 Å². The molecule has 0 fully saturated rings. The number of aromatic nitrogens is 2. The normalized spacial score (nSPS) is 11.3. The molecule has 0 bridgehead atoms. The second-order valence-electron chi connectivity index (χ2n) is 5.23. The van der Waals surface area contributed by atoms with Gasteiger partial charge in [0.2, 0.25) is 0 Å². The summed E-state index contributed by atoms with van der Waals surface area (Å²) in [6.45, 7) is 4.01. The molecule has 0 saturated carbocycles. The maximum Gasteiger partial charge on any atom is 0.0929 e. The molecule has 0 amide bonds. The van der Waals surface area contributed by atoms with Gasteiger partial charge in [-0.1, -0.05) is 36.4 Å². The lowest BCUT2D eigenvalue weighted by Crippen LogP contribution is -1.94. The van der Waals surface area contributed by atoms with E-state index in [0.29, 0.717) is 0 Å². The molecule has 2 nitrogen and oxygen atoms in total. The monoisotopic (exact) mass is 290 g/mol. The van der Waals surface area contributed by atoms with Crippen LogP contribution in [0.15, 0.2) is 48.7 Å². The van der Waals surface area contributed by atoms with E-state index >= 15 is 0 Å². The van der Waals surface area contributed by atoms with Crippen molar-refractivity contribution in [3.05, 3.63) is 60.0 Å². The van der Waals surface area contributed by atoms with Crippen molar-refractivity contribution in [3.63, 3.8) is 0 Å². The van der Waals surface area contributed by atoms with E-state index in [0.717, 1.165) is 17.1 Å². The molecule has 0 N–H and O–H groups in total. The van der Waals surface area contributed by atoms with E-state index in [2.05, 4.69) is 52.4 Å². The van der Waals surface area contributed by atoms with E-state index in [-0.39, 0.29) is 0 Å².